The van der Waals surface area contributed by atoms with Crippen LogP contribution < -0.4 is 24.3 Å². The molecular weight excluding hydrogens is 334 g/mol. The van der Waals surface area contributed by atoms with Crippen molar-refractivity contribution in [1.29, 1.82) is 0 Å². The number of amides is 1. The SMILES string of the molecule is COc1cccc(OCCNC(=O)/C=C/c2ccc(OC)c(OC)c2)c1. The lowest BCUT2D eigenvalue weighted by molar-refractivity contribution is -0.116. The molecule has 2 aromatic carbocycles. The smallest absolute Gasteiger partial charge is 0.244 e. The van der Waals surface area contributed by atoms with Gasteiger partial charge in [-0.15, -0.1) is 0 Å². The molecule has 0 aromatic heterocycles. The summed E-state index contributed by atoms with van der Waals surface area (Å²) in [7, 11) is 4.75. The molecule has 0 fully saturated rings. The van der Waals surface area contributed by atoms with Crippen LogP contribution in [0.25, 0.3) is 6.08 Å². The Morgan fingerprint density at radius 3 is 2.46 bits per heavy atom. The van der Waals surface area contributed by atoms with Gasteiger partial charge in [-0.05, 0) is 35.9 Å². The fourth-order valence-electron chi connectivity index (χ4n) is 2.22. The van der Waals surface area contributed by atoms with Gasteiger partial charge in [0, 0.05) is 12.1 Å². The van der Waals surface area contributed by atoms with E-state index in [0.717, 1.165) is 11.3 Å². The van der Waals surface area contributed by atoms with Gasteiger partial charge in [0.2, 0.25) is 5.91 Å². The van der Waals surface area contributed by atoms with Gasteiger partial charge < -0.3 is 24.3 Å². The third-order valence-corrected chi connectivity index (χ3v) is 3.55. The number of hydrogen-bond acceptors (Lipinski definition) is 5. The monoisotopic (exact) mass is 357 g/mol. The number of carbonyl (C=O) groups excluding carboxylic acids is 1. The predicted octanol–water partition coefficient (Wildman–Crippen LogP) is 2.92. The van der Waals surface area contributed by atoms with Gasteiger partial charge >= 0.3 is 0 Å². The Bertz CT molecular complexity index is 758. The summed E-state index contributed by atoms with van der Waals surface area (Å²) in [5, 5.41) is 2.76. The maximum atomic E-state index is 11.9. The lowest BCUT2D eigenvalue weighted by atomic mass is 10.2. The van der Waals surface area contributed by atoms with E-state index in [1.54, 1.807) is 45.6 Å². The number of nitrogens with one attached hydrogen (secondary N) is 1. The van der Waals surface area contributed by atoms with Gasteiger partial charge in [-0.3, -0.25) is 4.79 Å². The molecule has 0 aliphatic rings. The molecule has 138 valence electrons. The Balaban J connectivity index is 1.78. The number of methoxy groups -OCH3 is 3. The summed E-state index contributed by atoms with van der Waals surface area (Å²) in [6.45, 7) is 0.759. The highest BCUT2D eigenvalue weighted by Crippen LogP contribution is 2.27. The van der Waals surface area contributed by atoms with Gasteiger partial charge in [-0.2, -0.15) is 0 Å². The second kappa shape index (κ2) is 9.98. The molecule has 0 radical (unpaired) electrons. The van der Waals surface area contributed by atoms with Crippen LogP contribution in [0.15, 0.2) is 48.5 Å². The minimum Gasteiger partial charge on any atom is -0.497 e. The fourth-order valence-corrected chi connectivity index (χ4v) is 2.22. The van der Waals surface area contributed by atoms with Crippen LogP contribution in [0.2, 0.25) is 0 Å². The summed E-state index contributed by atoms with van der Waals surface area (Å²) in [5.74, 6) is 2.48. The van der Waals surface area contributed by atoms with Crippen molar-refractivity contribution in [1.82, 2.24) is 5.32 Å². The summed E-state index contributed by atoms with van der Waals surface area (Å²) in [6.07, 6.45) is 3.17. The van der Waals surface area contributed by atoms with Crippen molar-refractivity contribution < 1.29 is 23.7 Å². The average molecular weight is 357 g/mol. The van der Waals surface area contributed by atoms with Crippen molar-refractivity contribution >= 4 is 12.0 Å². The molecular formula is C20H23NO5. The van der Waals surface area contributed by atoms with Crippen LogP contribution in [-0.2, 0) is 4.79 Å². The Morgan fingerprint density at radius 2 is 1.73 bits per heavy atom. The molecule has 0 spiro atoms. The van der Waals surface area contributed by atoms with E-state index >= 15 is 0 Å². The second-order valence-electron chi connectivity index (χ2n) is 5.27. The van der Waals surface area contributed by atoms with E-state index < -0.39 is 0 Å². The second-order valence-corrected chi connectivity index (χ2v) is 5.27. The molecule has 0 heterocycles. The van der Waals surface area contributed by atoms with Gasteiger partial charge in [-0.25, -0.2) is 0 Å². The molecule has 0 atom stereocenters. The van der Waals surface area contributed by atoms with Gasteiger partial charge in [-0.1, -0.05) is 12.1 Å². The van der Waals surface area contributed by atoms with Crippen molar-refractivity contribution in [2.45, 2.75) is 0 Å². The van der Waals surface area contributed by atoms with Crippen molar-refractivity contribution in [3.8, 4) is 23.0 Å². The van der Waals surface area contributed by atoms with Crippen LogP contribution in [0, 0.1) is 0 Å². The largest absolute Gasteiger partial charge is 0.497 e. The average Bonchev–Trinajstić information content (AvgIpc) is 2.69. The molecule has 1 amide bonds. The first-order chi connectivity index (χ1) is 12.7. The van der Waals surface area contributed by atoms with Crippen molar-refractivity contribution in [2.75, 3.05) is 34.5 Å². The van der Waals surface area contributed by atoms with E-state index in [-0.39, 0.29) is 5.91 Å². The van der Waals surface area contributed by atoms with E-state index in [9.17, 15) is 4.79 Å². The highest BCUT2D eigenvalue weighted by atomic mass is 16.5. The highest BCUT2D eigenvalue weighted by molar-refractivity contribution is 5.91. The van der Waals surface area contributed by atoms with Gasteiger partial charge in [0.25, 0.3) is 0 Å². The highest BCUT2D eigenvalue weighted by Gasteiger charge is 2.03. The molecule has 2 rings (SSSR count). The van der Waals surface area contributed by atoms with Gasteiger partial charge in [0.15, 0.2) is 11.5 Å². The molecule has 0 aliphatic heterocycles. The van der Waals surface area contributed by atoms with Crippen LogP contribution in [0.4, 0.5) is 0 Å². The van der Waals surface area contributed by atoms with E-state index in [0.29, 0.717) is 30.4 Å². The first kappa shape index (κ1) is 19.2. The lowest BCUT2D eigenvalue weighted by Gasteiger charge is -2.08. The molecule has 26 heavy (non-hydrogen) atoms. The minimum atomic E-state index is -0.200. The summed E-state index contributed by atoms with van der Waals surface area (Å²) in [6, 6.07) is 12.7. The van der Waals surface area contributed by atoms with E-state index in [4.69, 9.17) is 18.9 Å². The Morgan fingerprint density at radius 1 is 0.962 bits per heavy atom. The maximum Gasteiger partial charge on any atom is 0.244 e. The third-order valence-electron chi connectivity index (χ3n) is 3.55. The third kappa shape index (κ3) is 5.73. The zero-order valence-corrected chi connectivity index (χ0v) is 15.2. The predicted molar refractivity (Wildman–Crippen MR) is 100 cm³/mol. The van der Waals surface area contributed by atoms with Crippen molar-refractivity contribution in [3.05, 3.63) is 54.1 Å². The van der Waals surface area contributed by atoms with Crippen LogP contribution in [0.5, 0.6) is 23.0 Å². The summed E-state index contributed by atoms with van der Waals surface area (Å²) in [4.78, 5) is 11.9. The molecule has 0 saturated carbocycles. The number of carbonyl (C=O) groups is 1. The number of benzene rings is 2. The van der Waals surface area contributed by atoms with E-state index in [2.05, 4.69) is 5.32 Å². The zero-order chi connectivity index (χ0) is 18.8. The first-order valence-electron chi connectivity index (χ1n) is 8.11. The summed E-state index contributed by atoms with van der Waals surface area (Å²) < 4.78 is 21.1. The molecule has 6 heteroatoms. The molecule has 1 N–H and O–H groups in total. The molecule has 0 saturated heterocycles. The Hall–Kier alpha value is -3.15. The normalized spacial score (nSPS) is 10.4. The molecule has 6 nitrogen and oxygen atoms in total. The van der Waals surface area contributed by atoms with Crippen LogP contribution >= 0.6 is 0 Å². The van der Waals surface area contributed by atoms with Gasteiger partial charge in [0.1, 0.15) is 18.1 Å². The Kier molecular flexibility index (Phi) is 7.36. The molecule has 2 aromatic rings. The van der Waals surface area contributed by atoms with Crippen molar-refractivity contribution in [2.24, 2.45) is 0 Å². The zero-order valence-electron chi connectivity index (χ0n) is 15.2. The van der Waals surface area contributed by atoms with Crippen molar-refractivity contribution in [3.63, 3.8) is 0 Å². The topological polar surface area (TPSA) is 66.0 Å². The first-order valence-corrected chi connectivity index (χ1v) is 8.11. The molecule has 0 aliphatic carbocycles. The van der Waals surface area contributed by atoms with Crippen LogP contribution in [-0.4, -0.2) is 40.4 Å². The van der Waals surface area contributed by atoms with Crippen LogP contribution in [0.3, 0.4) is 0 Å². The number of rotatable bonds is 9. The maximum absolute atomic E-state index is 11.9. The number of ether oxygens (including phenoxy) is 4. The van der Waals surface area contributed by atoms with E-state index in [1.807, 2.05) is 24.3 Å². The van der Waals surface area contributed by atoms with Crippen LogP contribution in [0.1, 0.15) is 5.56 Å². The summed E-state index contributed by atoms with van der Waals surface area (Å²) >= 11 is 0. The molecule has 0 unspecified atom stereocenters. The lowest BCUT2D eigenvalue weighted by Crippen LogP contribution is -2.26. The molecule has 0 bridgehead atoms. The Labute approximate surface area is 153 Å². The summed E-state index contributed by atoms with van der Waals surface area (Å²) in [5.41, 5.74) is 0.838. The quantitative estimate of drug-likeness (QED) is 0.552. The standard InChI is InChI=1S/C20H23NO5/c1-23-16-5-4-6-17(14-16)26-12-11-21-20(22)10-8-15-7-9-18(24-2)19(13-15)25-3/h4-10,13-14H,11-12H2,1-3H3,(H,21,22)/b10-8+. The fraction of sp³-hybridized carbons (Fsp3) is 0.250. The van der Waals surface area contributed by atoms with E-state index in [1.165, 1.54) is 6.08 Å². The number of hydrogen-bond donors (Lipinski definition) is 1. The minimum absolute atomic E-state index is 0.200. The van der Waals surface area contributed by atoms with Gasteiger partial charge in [0.05, 0.1) is 27.9 Å².